The zero-order chi connectivity index (χ0) is 20.1. The zero-order valence-electron chi connectivity index (χ0n) is 15.3. The fourth-order valence-electron chi connectivity index (χ4n) is 2.50. The van der Waals surface area contributed by atoms with Gasteiger partial charge in [0.2, 0.25) is 5.91 Å². The van der Waals surface area contributed by atoms with E-state index >= 15 is 0 Å². The minimum absolute atomic E-state index is 0.137. The van der Waals surface area contributed by atoms with E-state index in [1.807, 2.05) is 0 Å². The number of aryl methyl sites for hydroxylation is 1. The van der Waals surface area contributed by atoms with Crippen molar-refractivity contribution in [1.82, 2.24) is 9.97 Å². The van der Waals surface area contributed by atoms with Crippen LogP contribution in [0.1, 0.15) is 23.2 Å². The molecule has 0 unspecified atom stereocenters. The average molecular weight is 396 g/mol. The van der Waals surface area contributed by atoms with E-state index in [9.17, 15) is 9.59 Å². The zero-order valence-corrected chi connectivity index (χ0v) is 16.0. The molecule has 0 spiro atoms. The van der Waals surface area contributed by atoms with Gasteiger partial charge in [-0.05, 0) is 49.4 Å². The molecule has 0 bridgehead atoms. The minimum atomic E-state index is -0.364. The molecule has 0 saturated heterocycles. The molecule has 3 aromatic rings. The Morgan fingerprint density at radius 2 is 1.61 bits per heavy atom. The van der Waals surface area contributed by atoms with E-state index in [1.54, 1.807) is 61.5 Å². The monoisotopic (exact) mass is 395 g/mol. The first kappa shape index (κ1) is 19.3. The number of hydrogen-bond donors (Lipinski definition) is 3. The Balaban J connectivity index is 1.75. The highest BCUT2D eigenvalue weighted by atomic mass is 35.5. The van der Waals surface area contributed by atoms with Crippen LogP contribution in [0.3, 0.4) is 0 Å². The molecular weight excluding hydrogens is 378 g/mol. The molecule has 0 fully saturated rings. The molecule has 3 rings (SSSR count). The Morgan fingerprint density at radius 1 is 0.893 bits per heavy atom. The van der Waals surface area contributed by atoms with Crippen LogP contribution in [0.5, 0.6) is 0 Å². The van der Waals surface area contributed by atoms with E-state index in [4.69, 9.17) is 11.6 Å². The first-order valence-corrected chi connectivity index (χ1v) is 8.84. The lowest BCUT2D eigenvalue weighted by molar-refractivity contribution is -0.114. The third-order valence-electron chi connectivity index (χ3n) is 3.63. The number of hydrogen-bond acceptors (Lipinski definition) is 5. The molecule has 0 saturated carbocycles. The van der Waals surface area contributed by atoms with Crippen molar-refractivity contribution in [1.29, 1.82) is 0 Å². The van der Waals surface area contributed by atoms with E-state index < -0.39 is 0 Å². The van der Waals surface area contributed by atoms with Gasteiger partial charge in [0.25, 0.3) is 5.91 Å². The predicted molar refractivity (Wildman–Crippen MR) is 110 cm³/mol. The smallest absolute Gasteiger partial charge is 0.274 e. The van der Waals surface area contributed by atoms with Crippen molar-refractivity contribution in [2.24, 2.45) is 0 Å². The lowest BCUT2D eigenvalue weighted by atomic mass is 10.2. The van der Waals surface area contributed by atoms with Crippen molar-refractivity contribution in [2.45, 2.75) is 13.8 Å². The Bertz CT molecular complexity index is 1020. The van der Waals surface area contributed by atoms with Gasteiger partial charge in [-0.3, -0.25) is 9.59 Å². The van der Waals surface area contributed by atoms with Gasteiger partial charge in [0.15, 0.2) is 0 Å². The number of carbonyl (C=O) groups excluding carboxylic acids is 2. The molecule has 3 N–H and O–H groups in total. The van der Waals surface area contributed by atoms with Crippen LogP contribution in [0.25, 0.3) is 0 Å². The average Bonchev–Trinajstić information content (AvgIpc) is 2.62. The molecule has 0 radical (unpaired) electrons. The third-order valence-corrected chi connectivity index (χ3v) is 3.87. The van der Waals surface area contributed by atoms with Gasteiger partial charge in [-0.2, -0.15) is 0 Å². The summed E-state index contributed by atoms with van der Waals surface area (Å²) in [5.41, 5.74) is 2.26. The van der Waals surface area contributed by atoms with E-state index in [1.165, 1.54) is 6.92 Å². The Morgan fingerprint density at radius 3 is 2.29 bits per heavy atom. The molecule has 2 aromatic carbocycles. The highest BCUT2D eigenvalue weighted by Crippen LogP contribution is 2.20. The van der Waals surface area contributed by atoms with E-state index in [-0.39, 0.29) is 17.5 Å². The summed E-state index contributed by atoms with van der Waals surface area (Å²) < 4.78 is 0. The molecule has 1 aromatic heterocycles. The molecule has 7 nitrogen and oxygen atoms in total. The topological polar surface area (TPSA) is 96.0 Å². The first-order chi connectivity index (χ1) is 13.4. The normalized spacial score (nSPS) is 10.2. The molecule has 142 valence electrons. The van der Waals surface area contributed by atoms with E-state index in [0.717, 1.165) is 5.69 Å². The molecule has 0 aliphatic heterocycles. The third kappa shape index (κ3) is 5.28. The number of anilines is 4. The van der Waals surface area contributed by atoms with Crippen molar-refractivity contribution < 1.29 is 9.59 Å². The van der Waals surface area contributed by atoms with Crippen molar-refractivity contribution in [2.75, 3.05) is 16.0 Å². The van der Waals surface area contributed by atoms with E-state index in [2.05, 4.69) is 25.9 Å². The fraction of sp³-hybridized carbons (Fsp3) is 0.100. The number of nitrogens with one attached hydrogen (secondary N) is 3. The molecule has 0 aliphatic carbocycles. The largest absolute Gasteiger partial charge is 0.340 e. The number of aromatic nitrogens is 2. The predicted octanol–water partition coefficient (Wildman–Crippen LogP) is 4.39. The Hall–Kier alpha value is -3.45. The summed E-state index contributed by atoms with van der Waals surface area (Å²) in [5, 5.41) is 9.12. The summed E-state index contributed by atoms with van der Waals surface area (Å²) in [5.74, 6) is 0.437. The summed E-state index contributed by atoms with van der Waals surface area (Å²) in [6, 6.07) is 15.6. The van der Waals surface area contributed by atoms with Crippen LogP contribution < -0.4 is 16.0 Å². The van der Waals surface area contributed by atoms with Crippen LogP contribution >= 0.6 is 11.6 Å². The van der Waals surface area contributed by atoms with Gasteiger partial charge in [-0.25, -0.2) is 9.97 Å². The molecule has 1 heterocycles. The van der Waals surface area contributed by atoms with Crippen LogP contribution in [0, 0.1) is 6.92 Å². The second kappa shape index (κ2) is 8.49. The summed E-state index contributed by atoms with van der Waals surface area (Å²) in [7, 11) is 0. The standard InChI is InChI=1S/C20H18ClN5O2/c1-12-22-18(20(28)26-17-5-3-4-14(21)10-17)11-19(23-12)25-16-8-6-15(7-9-16)24-13(2)27/h3-11H,1-2H3,(H,24,27)(H,26,28)(H,22,23,25). The number of halogens is 1. The maximum atomic E-state index is 12.5. The van der Waals surface area contributed by atoms with Crippen LogP contribution in [-0.2, 0) is 4.79 Å². The number of benzene rings is 2. The van der Waals surface area contributed by atoms with Gasteiger partial charge in [-0.1, -0.05) is 17.7 Å². The summed E-state index contributed by atoms with van der Waals surface area (Å²) in [4.78, 5) is 32.1. The highest BCUT2D eigenvalue weighted by molar-refractivity contribution is 6.30. The van der Waals surface area contributed by atoms with Gasteiger partial charge < -0.3 is 16.0 Å². The Kier molecular flexibility index (Phi) is 5.86. The summed E-state index contributed by atoms with van der Waals surface area (Å²) in [6.07, 6.45) is 0. The molecule has 2 amide bonds. The van der Waals surface area contributed by atoms with Crippen LogP contribution in [0.15, 0.2) is 54.6 Å². The van der Waals surface area contributed by atoms with Crippen molar-refractivity contribution in [3.63, 3.8) is 0 Å². The number of nitrogens with zero attached hydrogens (tertiary/aromatic N) is 2. The van der Waals surface area contributed by atoms with Gasteiger partial charge in [-0.15, -0.1) is 0 Å². The second-order valence-electron chi connectivity index (χ2n) is 6.03. The van der Waals surface area contributed by atoms with E-state index in [0.29, 0.717) is 28.0 Å². The molecule has 8 heteroatoms. The molecule has 0 atom stereocenters. The number of carbonyl (C=O) groups is 2. The van der Waals surface area contributed by atoms with Gasteiger partial charge in [0, 0.05) is 35.1 Å². The second-order valence-corrected chi connectivity index (χ2v) is 6.47. The molecule has 0 aliphatic rings. The minimum Gasteiger partial charge on any atom is -0.340 e. The van der Waals surface area contributed by atoms with Crippen molar-refractivity contribution in [3.8, 4) is 0 Å². The molecule has 28 heavy (non-hydrogen) atoms. The lowest BCUT2D eigenvalue weighted by Crippen LogP contribution is -2.15. The maximum Gasteiger partial charge on any atom is 0.274 e. The first-order valence-electron chi connectivity index (χ1n) is 8.46. The number of rotatable bonds is 5. The SMILES string of the molecule is CC(=O)Nc1ccc(Nc2cc(C(=O)Nc3cccc(Cl)c3)nc(C)n2)cc1. The van der Waals surface area contributed by atoms with Gasteiger partial charge >= 0.3 is 0 Å². The van der Waals surface area contributed by atoms with Crippen molar-refractivity contribution >= 4 is 46.3 Å². The number of amides is 2. The molecular formula is C20H18ClN5O2. The quantitative estimate of drug-likeness (QED) is 0.595. The van der Waals surface area contributed by atoms with Gasteiger partial charge in [0.05, 0.1) is 0 Å². The Labute approximate surface area is 167 Å². The van der Waals surface area contributed by atoms with Crippen LogP contribution in [-0.4, -0.2) is 21.8 Å². The van der Waals surface area contributed by atoms with Crippen LogP contribution in [0.2, 0.25) is 5.02 Å². The highest BCUT2D eigenvalue weighted by Gasteiger charge is 2.11. The summed E-state index contributed by atoms with van der Waals surface area (Å²) in [6.45, 7) is 3.16. The van der Waals surface area contributed by atoms with Gasteiger partial charge in [0.1, 0.15) is 17.3 Å². The van der Waals surface area contributed by atoms with Crippen molar-refractivity contribution in [3.05, 3.63) is 71.1 Å². The fourth-order valence-corrected chi connectivity index (χ4v) is 2.69. The summed E-state index contributed by atoms with van der Waals surface area (Å²) >= 11 is 5.94. The maximum absolute atomic E-state index is 12.5. The lowest BCUT2D eigenvalue weighted by Gasteiger charge is -2.10. The van der Waals surface area contributed by atoms with Crippen LogP contribution in [0.4, 0.5) is 22.9 Å².